The van der Waals surface area contributed by atoms with Crippen molar-refractivity contribution in [1.82, 2.24) is 9.80 Å². The molecule has 3 fully saturated rings. The quantitative estimate of drug-likeness (QED) is 0.490. The predicted octanol–water partition coefficient (Wildman–Crippen LogP) is 2.61. The minimum atomic E-state index is -1.12. The molecule has 1 spiro atoms. The molecule has 1 N–H and O–H groups in total. The highest BCUT2D eigenvalue weighted by molar-refractivity contribution is 6.05. The number of rotatable bonds is 10. The fraction of sp³-hybridized carbons (Fsp3) is 0.552. The second kappa shape index (κ2) is 10.4. The summed E-state index contributed by atoms with van der Waals surface area (Å²) in [5.41, 5.74) is 1.57. The molecule has 200 valence electrons. The molecule has 4 rings (SSSR count). The maximum atomic E-state index is 14.5. The van der Waals surface area contributed by atoms with Gasteiger partial charge in [-0.05, 0) is 50.3 Å². The fourth-order valence-electron chi connectivity index (χ4n) is 6.59. The monoisotopic (exact) mass is 509 g/mol. The summed E-state index contributed by atoms with van der Waals surface area (Å²) in [5, 5.41) is 10.2. The van der Waals surface area contributed by atoms with Crippen LogP contribution in [0.2, 0.25) is 0 Å². The summed E-state index contributed by atoms with van der Waals surface area (Å²) in [4.78, 5) is 46.9. The Bertz CT molecular complexity index is 1100. The Balaban J connectivity index is 1.83. The van der Waals surface area contributed by atoms with Crippen LogP contribution in [-0.2, 0) is 19.1 Å². The number of carbonyl (C=O) groups excluding carboxylic acids is 3. The maximum Gasteiger partial charge on any atom is 0.253 e. The topological polar surface area (TPSA) is 90.4 Å². The number of hydrogen-bond donors (Lipinski definition) is 1. The van der Waals surface area contributed by atoms with Gasteiger partial charge >= 0.3 is 0 Å². The van der Waals surface area contributed by atoms with Gasteiger partial charge in [-0.2, -0.15) is 0 Å². The Morgan fingerprint density at radius 1 is 1.24 bits per heavy atom. The average molecular weight is 510 g/mol. The van der Waals surface area contributed by atoms with Crippen molar-refractivity contribution in [2.75, 3.05) is 31.6 Å². The highest BCUT2D eigenvalue weighted by Gasteiger charge is 2.75. The Labute approximate surface area is 219 Å². The number of likely N-dealkylation sites (tertiary alicyclic amines) is 1. The van der Waals surface area contributed by atoms with E-state index in [1.807, 2.05) is 39.0 Å². The largest absolute Gasteiger partial charge is 0.394 e. The third-order valence-corrected chi connectivity index (χ3v) is 8.34. The Hall–Kier alpha value is -2.97. The molecule has 0 aliphatic carbocycles. The standard InChI is InChI=1S/C29H39N3O5/c1-7-14-30(6)26(34)23-22-12-13-29(37-22)24(23)27(35)32(20(9-3)17-33)25(29)28(36)31(15-8-2)21-16-18(4)10-11-19(21)5/h7-8,10-11,16,20,22-25,33H,1-2,9,12-15,17H2,3-6H3/t20-,22+,23-,24-,25?,29?/m0/s1. The molecule has 1 aromatic carbocycles. The number of amides is 3. The number of aliphatic hydroxyl groups excluding tert-OH is 1. The molecule has 37 heavy (non-hydrogen) atoms. The molecule has 8 heteroatoms. The van der Waals surface area contributed by atoms with Gasteiger partial charge in [0.1, 0.15) is 11.6 Å². The number of fused-ring (bicyclic) bond motifs is 1. The van der Waals surface area contributed by atoms with Crippen molar-refractivity contribution >= 4 is 23.4 Å². The number of likely N-dealkylation sites (N-methyl/N-ethyl adjacent to an activating group) is 1. The number of carbonyl (C=O) groups is 3. The number of anilines is 1. The number of ether oxygens (including phenoxy) is 1. The normalized spacial score (nSPS) is 28.7. The van der Waals surface area contributed by atoms with Gasteiger partial charge in [0.25, 0.3) is 5.91 Å². The van der Waals surface area contributed by atoms with Gasteiger partial charge in [-0.1, -0.05) is 31.2 Å². The van der Waals surface area contributed by atoms with Crippen molar-refractivity contribution in [3.8, 4) is 0 Å². The van der Waals surface area contributed by atoms with Crippen LogP contribution in [0.3, 0.4) is 0 Å². The van der Waals surface area contributed by atoms with Crippen LogP contribution < -0.4 is 4.90 Å². The molecule has 3 aliphatic rings. The number of hydrogen-bond acceptors (Lipinski definition) is 5. The molecule has 0 radical (unpaired) electrons. The van der Waals surface area contributed by atoms with E-state index in [0.717, 1.165) is 16.8 Å². The van der Waals surface area contributed by atoms with Gasteiger partial charge in [-0.3, -0.25) is 14.4 Å². The molecule has 1 aromatic rings. The summed E-state index contributed by atoms with van der Waals surface area (Å²) >= 11 is 0. The maximum absolute atomic E-state index is 14.5. The van der Waals surface area contributed by atoms with Crippen LogP contribution in [0.4, 0.5) is 5.69 Å². The highest BCUT2D eigenvalue weighted by atomic mass is 16.5. The molecule has 3 saturated heterocycles. The van der Waals surface area contributed by atoms with E-state index in [1.54, 1.807) is 29.0 Å². The first kappa shape index (κ1) is 27.1. The summed E-state index contributed by atoms with van der Waals surface area (Å²) in [6.45, 7) is 13.7. The van der Waals surface area contributed by atoms with Gasteiger partial charge in [0.05, 0.1) is 30.6 Å². The average Bonchev–Trinajstić information content (AvgIpc) is 3.52. The lowest BCUT2D eigenvalue weighted by Gasteiger charge is -2.39. The molecule has 0 aromatic heterocycles. The third kappa shape index (κ3) is 4.20. The molecule has 8 nitrogen and oxygen atoms in total. The SMILES string of the molecule is C=CCN(C)C(=O)[C@@H]1[C@H]2C(=O)N([C@@H](CC)CO)C(C(=O)N(CC=C)c3cc(C)ccc3C)C23CC[C@H]1O3. The number of nitrogens with zero attached hydrogens (tertiary/aromatic N) is 3. The van der Waals surface area contributed by atoms with E-state index >= 15 is 0 Å². The van der Waals surface area contributed by atoms with Crippen LogP contribution in [0.25, 0.3) is 0 Å². The van der Waals surface area contributed by atoms with Gasteiger partial charge < -0.3 is 24.5 Å². The van der Waals surface area contributed by atoms with Crippen LogP contribution in [0.15, 0.2) is 43.5 Å². The number of aliphatic hydroxyl groups is 1. The van der Waals surface area contributed by atoms with E-state index < -0.39 is 35.6 Å². The molecule has 2 bridgehead atoms. The molecule has 2 unspecified atom stereocenters. The van der Waals surface area contributed by atoms with Gasteiger partial charge in [-0.15, -0.1) is 13.2 Å². The second-order valence-electron chi connectivity index (χ2n) is 10.6. The molecule has 3 amide bonds. The minimum Gasteiger partial charge on any atom is -0.394 e. The zero-order valence-electron chi connectivity index (χ0n) is 22.4. The second-order valence-corrected chi connectivity index (χ2v) is 10.6. The third-order valence-electron chi connectivity index (χ3n) is 8.34. The van der Waals surface area contributed by atoms with E-state index in [4.69, 9.17) is 4.74 Å². The Kier molecular flexibility index (Phi) is 7.62. The number of benzene rings is 1. The van der Waals surface area contributed by atoms with Gasteiger partial charge in [0, 0.05) is 25.8 Å². The first-order chi connectivity index (χ1) is 17.7. The fourth-order valence-corrected chi connectivity index (χ4v) is 6.59. The summed E-state index contributed by atoms with van der Waals surface area (Å²) in [6.07, 6.45) is 4.47. The first-order valence-corrected chi connectivity index (χ1v) is 13.1. The smallest absolute Gasteiger partial charge is 0.253 e. The summed E-state index contributed by atoms with van der Waals surface area (Å²) in [7, 11) is 1.69. The summed E-state index contributed by atoms with van der Waals surface area (Å²) < 4.78 is 6.55. The van der Waals surface area contributed by atoms with Crippen molar-refractivity contribution in [2.24, 2.45) is 11.8 Å². The van der Waals surface area contributed by atoms with E-state index in [-0.39, 0.29) is 30.9 Å². The van der Waals surface area contributed by atoms with Crippen LogP contribution in [0, 0.1) is 25.7 Å². The lowest BCUT2D eigenvalue weighted by molar-refractivity contribution is -0.146. The Morgan fingerprint density at radius 2 is 1.95 bits per heavy atom. The van der Waals surface area contributed by atoms with Gasteiger partial charge in [0.15, 0.2) is 0 Å². The zero-order valence-corrected chi connectivity index (χ0v) is 22.4. The van der Waals surface area contributed by atoms with Crippen molar-refractivity contribution in [1.29, 1.82) is 0 Å². The van der Waals surface area contributed by atoms with Gasteiger partial charge in [0.2, 0.25) is 11.8 Å². The van der Waals surface area contributed by atoms with Crippen molar-refractivity contribution < 1.29 is 24.2 Å². The predicted molar refractivity (Wildman–Crippen MR) is 142 cm³/mol. The molecule has 3 heterocycles. The Morgan fingerprint density at radius 3 is 2.57 bits per heavy atom. The van der Waals surface area contributed by atoms with Crippen molar-refractivity contribution in [3.05, 3.63) is 54.6 Å². The van der Waals surface area contributed by atoms with E-state index in [2.05, 4.69) is 13.2 Å². The minimum absolute atomic E-state index is 0.174. The van der Waals surface area contributed by atoms with E-state index in [0.29, 0.717) is 25.8 Å². The van der Waals surface area contributed by atoms with Crippen molar-refractivity contribution in [3.63, 3.8) is 0 Å². The first-order valence-electron chi connectivity index (χ1n) is 13.1. The zero-order chi connectivity index (χ0) is 27.1. The van der Waals surface area contributed by atoms with Crippen LogP contribution >= 0.6 is 0 Å². The lowest BCUT2D eigenvalue weighted by atomic mass is 9.70. The molecular formula is C29H39N3O5. The van der Waals surface area contributed by atoms with Crippen LogP contribution in [0.1, 0.15) is 37.3 Å². The molecule has 3 aliphatic heterocycles. The molecule has 6 atom stereocenters. The van der Waals surface area contributed by atoms with E-state index in [1.165, 1.54) is 4.90 Å². The van der Waals surface area contributed by atoms with Crippen LogP contribution in [-0.4, -0.2) is 83.2 Å². The van der Waals surface area contributed by atoms with Crippen molar-refractivity contribution in [2.45, 2.75) is 63.8 Å². The van der Waals surface area contributed by atoms with E-state index in [9.17, 15) is 19.5 Å². The lowest BCUT2D eigenvalue weighted by Crippen LogP contribution is -2.59. The molecule has 0 saturated carbocycles. The van der Waals surface area contributed by atoms with Crippen LogP contribution in [0.5, 0.6) is 0 Å². The van der Waals surface area contributed by atoms with Gasteiger partial charge in [-0.25, -0.2) is 0 Å². The highest BCUT2D eigenvalue weighted by Crippen LogP contribution is 2.59. The number of aryl methyl sites for hydroxylation is 2. The summed E-state index contributed by atoms with van der Waals surface area (Å²) in [6, 6.07) is 4.41. The summed E-state index contributed by atoms with van der Waals surface area (Å²) in [5.74, 6) is -2.18. The molecular weight excluding hydrogens is 470 g/mol.